The molecule has 66 valence electrons. The van der Waals surface area contributed by atoms with Gasteiger partial charge in [0.1, 0.15) is 10.5 Å². The monoisotopic (exact) mass is 182 g/mol. The average molecular weight is 182 g/mol. The Morgan fingerprint density at radius 3 is 2.50 bits per heavy atom. The normalized spacial score (nSPS) is 13.1. The molecule has 0 aliphatic rings. The Kier molecular flexibility index (Phi) is 4.00. The third kappa shape index (κ3) is 2.44. The minimum atomic E-state index is -0.164. The van der Waals surface area contributed by atoms with Crippen molar-refractivity contribution in [2.24, 2.45) is 0 Å². The Balaban J connectivity index is 2.66. The van der Waals surface area contributed by atoms with Crippen LogP contribution in [0, 0.1) is 0 Å². The molecule has 1 atom stereocenters. The molecule has 1 unspecified atom stereocenters. The van der Waals surface area contributed by atoms with Crippen LogP contribution in [0.5, 0.6) is 0 Å². The van der Waals surface area contributed by atoms with E-state index in [0.29, 0.717) is 17.1 Å². The molecule has 1 rings (SSSR count). The fraction of sp³-hybridized carbons (Fsp3) is 0.333. The van der Waals surface area contributed by atoms with E-state index in [1.807, 2.05) is 37.3 Å². The van der Waals surface area contributed by atoms with Gasteiger partial charge in [0.2, 0.25) is 0 Å². The molecule has 0 amide bonds. The van der Waals surface area contributed by atoms with Gasteiger partial charge in [-0.1, -0.05) is 30.3 Å². The first kappa shape index (κ1) is 9.44. The van der Waals surface area contributed by atoms with Crippen LogP contribution in [0.1, 0.15) is 18.8 Å². The standard InChI is InChI=1S/C9H14O2Si/c1-2-10-9(11-12)8-6-4-3-5-7-8/h3-7,9H,2H2,1,12H3. The van der Waals surface area contributed by atoms with Crippen molar-refractivity contribution in [2.75, 3.05) is 6.61 Å². The SMILES string of the molecule is CCOC(O[SiH3])c1ccccc1. The molecular formula is C9H14O2Si. The van der Waals surface area contributed by atoms with Crippen molar-refractivity contribution in [3.8, 4) is 0 Å². The summed E-state index contributed by atoms with van der Waals surface area (Å²) in [5, 5.41) is 0. The van der Waals surface area contributed by atoms with Crippen molar-refractivity contribution in [3.05, 3.63) is 35.9 Å². The van der Waals surface area contributed by atoms with Gasteiger partial charge in [-0.15, -0.1) is 0 Å². The van der Waals surface area contributed by atoms with Crippen molar-refractivity contribution >= 4 is 10.5 Å². The van der Waals surface area contributed by atoms with Gasteiger partial charge in [0.05, 0.1) is 0 Å². The lowest BCUT2D eigenvalue weighted by atomic mass is 10.2. The van der Waals surface area contributed by atoms with Gasteiger partial charge in [-0.05, 0) is 6.92 Å². The van der Waals surface area contributed by atoms with Crippen molar-refractivity contribution in [2.45, 2.75) is 13.2 Å². The molecule has 0 saturated heterocycles. The summed E-state index contributed by atoms with van der Waals surface area (Å²) in [6, 6.07) is 9.99. The van der Waals surface area contributed by atoms with Crippen LogP contribution in [0.25, 0.3) is 0 Å². The zero-order valence-corrected chi connectivity index (χ0v) is 9.49. The Morgan fingerprint density at radius 1 is 1.33 bits per heavy atom. The topological polar surface area (TPSA) is 18.5 Å². The smallest absolute Gasteiger partial charge is 0.173 e. The van der Waals surface area contributed by atoms with Crippen LogP contribution < -0.4 is 0 Å². The maximum absolute atomic E-state index is 5.39. The zero-order chi connectivity index (χ0) is 8.81. The molecule has 0 aliphatic carbocycles. The van der Waals surface area contributed by atoms with Crippen LogP contribution in [-0.4, -0.2) is 17.1 Å². The minimum Gasteiger partial charge on any atom is -0.400 e. The molecule has 0 N–H and O–H groups in total. The van der Waals surface area contributed by atoms with Crippen molar-refractivity contribution in [1.82, 2.24) is 0 Å². The fourth-order valence-corrected chi connectivity index (χ4v) is 1.47. The summed E-state index contributed by atoms with van der Waals surface area (Å²) in [6.45, 7) is 2.65. The lowest BCUT2D eigenvalue weighted by Crippen LogP contribution is -2.06. The largest absolute Gasteiger partial charge is 0.400 e. The third-order valence-corrected chi connectivity index (χ3v) is 2.03. The van der Waals surface area contributed by atoms with Gasteiger partial charge >= 0.3 is 0 Å². The second kappa shape index (κ2) is 5.08. The van der Waals surface area contributed by atoms with Gasteiger partial charge in [-0.3, -0.25) is 0 Å². The Morgan fingerprint density at radius 2 is 2.00 bits per heavy atom. The van der Waals surface area contributed by atoms with Gasteiger partial charge in [-0.2, -0.15) is 0 Å². The Bertz CT molecular complexity index is 213. The predicted octanol–water partition coefficient (Wildman–Crippen LogP) is 1.02. The summed E-state index contributed by atoms with van der Waals surface area (Å²) in [7, 11) is 0.696. The summed E-state index contributed by atoms with van der Waals surface area (Å²) in [4.78, 5) is 0. The first-order valence-corrected chi connectivity index (χ1v) is 4.89. The molecule has 0 aromatic heterocycles. The molecular weight excluding hydrogens is 168 g/mol. The quantitative estimate of drug-likeness (QED) is 0.511. The van der Waals surface area contributed by atoms with Crippen LogP contribution in [0.15, 0.2) is 30.3 Å². The Labute approximate surface area is 76.0 Å². The number of rotatable bonds is 4. The number of hydrogen-bond acceptors (Lipinski definition) is 2. The fourth-order valence-electron chi connectivity index (χ4n) is 1.06. The van der Waals surface area contributed by atoms with Crippen molar-refractivity contribution in [1.29, 1.82) is 0 Å². The van der Waals surface area contributed by atoms with Crippen molar-refractivity contribution in [3.63, 3.8) is 0 Å². The van der Waals surface area contributed by atoms with E-state index >= 15 is 0 Å². The highest BCUT2D eigenvalue weighted by atomic mass is 28.2. The van der Waals surface area contributed by atoms with E-state index in [9.17, 15) is 0 Å². The molecule has 1 aromatic carbocycles. The highest BCUT2D eigenvalue weighted by molar-refractivity contribution is 5.98. The molecule has 0 heterocycles. The van der Waals surface area contributed by atoms with Crippen molar-refractivity contribution < 1.29 is 9.16 Å². The second-order valence-electron chi connectivity index (χ2n) is 2.43. The van der Waals surface area contributed by atoms with E-state index in [-0.39, 0.29) is 6.29 Å². The van der Waals surface area contributed by atoms with E-state index in [2.05, 4.69) is 0 Å². The van der Waals surface area contributed by atoms with Crippen LogP contribution in [-0.2, 0) is 9.16 Å². The molecule has 0 spiro atoms. The Hall–Kier alpha value is -0.643. The van der Waals surface area contributed by atoms with Gasteiger partial charge in [0.25, 0.3) is 0 Å². The number of hydrogen-bond donors (Lipinski definition) is 0. The van der Waals surface area contributed by atoms with E-state index in [0.717, 1.165) is 5.56 Å². The summed E-state index contributed by atoms with van der Waals surface area (Å²) in [5.74, 6) is 0. The van der Waals surface area contributed by atoms with Gasteiger partial charge < -0.3 is 9.16 Å². The lowest BCUT2D eigenvalue weighted by Gasteiger charge is -2.15. The molecule has 0 aliphatic heterocycles. The lowest BCUT2D eigenvalue weighted by molar-refractivity contribution is -0.0748. The van der Waals surface area contributed by atoms with Crippen LogP contribution in [0.3, 0.4) is 0 Å². The predicted molar refractivity (Wildman–Crippen MR) is 51.8 cm³/mol. The summed E-state index contributed by atoms with van der Waals surface area (Å²) in [6.07, 6.45) is -0.164. The summed E-state index contributed by atoms with van der Waals surface area (Å²) in [5.41, 5.74) is 1.09. The van der Waals surface area contributed by atoms with Gasteiger partial charge in [-0.25, -0.2) is 0 Å². The molecule has 12 heavy (non-hydrogen) atoms. The highest BCUT2D eigenvalue weighted by Gasteiger charge is 2.06. The first-order chi connectivity index (χ1) is 5.88. The van der Waals surface area contributed by atoms with E-state index in [1.165, 1.54) is 0 Å². The first-order valence-electron chi connectivity index (χ1n) is 4.07. The van der Waals surface area contributed by atoms with E-state index < -0.39 is 0 Å². The molecule has 3 heteroatoms. The van der Waals surface area contributed by atoms with Crippen LogP contribution >= 0.6 is 0 Å². The maximum Gasteiger partial charge on any atom is 0.173 e. The molecule has 0 bridgehead atoms. The van der Waals surface area contributed by atoms with Gasteiger partial charge in [0.15, 0.2) is 6.29 Å². The zero-order valence-electron chi connectivity index (χ0n) is 7.49. The average Bonchev–Trinajstić information content (AvgIpc) is 2.15. The molecule has 1 aromatic rings. The molecule has 0 saturated carbocycles. The van der Waals surface area contributed by atoms with Crippen LogP contribution in [0.2, 0.25) is 0 Å². The van der Waals surface area contributed by atoms with E-state index in [1.54, 1.807) is 0 Å². The van der Waals surface area contributed by atoms with Gasteiger partial charge in [0, 0.05) is 12.2 Å². The van der Waals surface area contributed by atoms with E-state index in [4.69, 9.17) is 9.16 Å². The molecule has 2 nitrogen and oxygen atoms in total. The van der Waals surface area contributed by atoms with Crippen LogP contribution in [0.4, 0.5) is 0 Å². The second-order valence-corrected chi connectivity index (χ2v) is 2.91. The summed E-state index contributed by atoms with van der Waals surface area (Å²) >= 11 is 0. The maximum atomic E-state index is 5.39. The molecule has 0 fully saturated rings. The minimum absolute atomic E-state index is 0.164. The summed E-state index contributed by atoms with van der Waals surface area (Å²) < 4.78 is 10.7. The number of ether oxygens (including phenoxy) is 1. The third-order valence-electron chi connectivity index (χ3n) is 1.60. The number of benzene rings is 1. The highest BCUT2D eigenvalue weighted by Crippen LogP contribution is 2.16. The molecule has 0 radical (unpaired) electrons.